The second kappa shape index (κ2) is 7.46. The SMILES string of the molecule is Cc1ccc([C@H](C)N)c(OCC(=O)NC2CCCCC2)c1. The lowest BCUT2D eigenvalue weighted by Crippen LogP contribution is -2.39. The van der Waals surface area contributed by atoms with E-state index in [0.717, 1.165) is 24.0 Å². The molecular formula is C17H26N2O2. The van der Waals surface area contributed by atoms with Gasteiger partial charge in [-0.3, -0.25) is 4.79 Å². The third kappa shape index (κ3) is 4.74. The van der Waals surface area contributed by atoms with Crippen LogP contribution in [-0.2, 0) is 4.79 Å². The summed E-state index contributed by atoms with van der Waals surface area (Å²) in [5.74, 6) is 0.669. The Bertz CT molecular complexity index is 480. The zero-order valence-electron chi connectivity index (χ0n) is 13.0. The van der Waals surface area contributed by atoms with Gasteiger partial charge in [-0.05, 0) is 38.3 Å². The summed E-state index contributed by atoms with van der Waals surface area (Å²) in [5.41, 5.74) is 7.98. The molecule has 4 heteroatoms. The number of benzene rings is 1. The predicted octanol–water partition coefficient (Wildman–Crippen LogP) is 2.84. The van der Waals surface area contributed by atoms with Gasteiger partial charge in [-0.1, -0.05) is 31.4 Å². The van der Waals surface area contributed by atoms with Gasteiger partial charge in [-0.25, -0.2) is 0 Å². The van der Waals surface area contributed by atoms with Crippen molar-refractivity contribution in [3.05, 3.63) is 29.3 Å². The average Bonchev–Trinajstić information content (AvgIpc) is 2.46. The van der Waals surface area contributed by atoms with Crippen molar-refractivity contribution in [3.63, 3.8) is 0 Å². The van der Waals surface area contributed by atoms with Crippen LogP contribution in [0.4, 0.5) is 0 Å². The monoisotopic (exact) mass is 290 g/mol. The molecule has 1 atom stereocenters. The molecule has 0 aromatic heterocycles. The number of aryl methyl sites for hydroxylation is 1. The highest BCUT2D eigenvalue weighted by atomic mass is 16.5. The molecule has 116 valence electrons. The predicted molar refractivity (Wildman–Crippen MR) is 84.3 cm³/mol. The lowest BCUT2D eigenvalue weighted by molar-refractivity contribution is -0.124. The number of carbonyl (C=O) groups is 1. The van der Waals surface area contributed by atoms with E-state index in [4.69, 9.17) is 10.5 Å². The van der Waals surface area contributed by atoms with Gasteiger partial charge in [0.2, 0.25) is 0 Å². The molecule has 0 aliphatic heterocycles. The standard InChI is InChI=1S/C17H26N2O2/c1-12-8-9-15(13(2)18)16(10-12)21-11-17(20)19-14-6-4-3-5-7-14/h8-10,13-14H,3-7,11,18H2,1-2H3,(H,19,20)/t13-/m0/s1. The molecule has 0 heterocycles. The molecule has 1 amide bonds. The van der Waals surface area contributed by atoms with Crippen LogP contribution in [0, 0.1) is 6.92 Å². The molecule has 4 nitrogen and oxygen atoms in total. The van der Waals surface area contributed by atoms with Crippen molar-refractivity contribution in [2.75, 3.05) is 6.61 Å². The van der Waals surface area contributed by atoms with E-state index < -0.39 is 0 Å². The van der Waals surface area contributed by atoms with Crippen LogP contribution in [0.5, 0.6) is 5.75 Å². The van der Waals surface area contributed by atoms with Crippen LogP contribution in [0.15, 0.2) is 18.2 Å². The van der Waals surface area contributed by atoms with Gasteiger partial charge in [0.25, 0.3) is 5.91 Å². The van der Waals surface area contributed by atoms with Gasteiger partial charge < -0.3 is 15.8 Å². The first-order chi connectivity index (χ1) is 10.1. The van der Waals surface area contributed by atoms with Gasteiger partial charge in [0.15, 0.2) is 6.61 Å². The summed E-state index contributed by atoms with van der Waals surface area (Å²) in [7, 11) is 0. The van der Waals surface area contributed by atoms with Crippen molar-refractivity contribution >= 4 is 5.91 Å². The lowest BCUT2D eigenvalue weighted by Gasteiger charge is -2.23. The Morgan fingerprint density at radius 1 is 1.38 bits per heavy atom. The van der Waals surface area contributed by atoms with Crippen molar-refractivity contribution < 1.29 is 9.53 Å². The zero-order valence-corrected chi connectivity index (χ0v) is 13.0. The summed E-state index contributed by atoms with van der Waals surface area (Å²) in [6.07, 6.45) is 5.86. The summed E-state index contributed by atoms with van der Waals surface area (Å²) in [5, 5.41) is 3.06. The Morgan fingerprint density at radius 3 is 2.76 bits per heavy atom. The fraction of sp³-hybridized carbons (Fsp3) is 0.588. The van der Waals surface area contributed by atoms with Crippen molar-refractivity contribution in [1.29, 1.82) is 0 Å². The van der Waals surface area contributed by atoms with Crippen LogP contribution in [0.2, 0.25) is 0 Å². The maximum absolute atomic E-state index is 12.0. The summed E-state index contributed by atoms with van der Waals surface area (Å²) in [6.45, 7) is 3.97. The highest BCUT2D eigenvalue weighted by molar-refractivity contribution is 5.77. The smallest absolute Gasteiger partial charge is 0.258 e. The summed E-state index contributed by atoms with van der Waals surface area (Å²) < 4.78 is 5.69. The van der Waals surface area contributed by atoms with E-state index in [1.807, 2.05) is 32.0 Å². The highest BCUT2D eigenvalue weighted by Gasteiger charge is 2.16. The molecule has 1 aromatic rings. The molecule has 2 rings (SSSR count). The molecular weight excluding hydrogens is 264 g/mol. The van der Waals surface area contributed by atoms with E-state index in [-0.39, 0.29) is 18.6 Å². The molecule has 21 heavy (non-hydrogen) atoms. The van der Waals surface area contributed by atoms with Crippen LogP contribution < -0.4 is 15.8 Å². The first-order valence-electron chi connectivity index (χ1n) is 7.84. The Morgan fingerprint density at radius 2 is 2.10 bits per heavy atom. The lowest BCUT2D eigenvalue weighted by atomic mass is 9.95. The minimum atomic E-state index is -0.109. The molecule has 1 saturated carbocycles. The van der Waals surface area contributed by atoms with Crippen molar-refractivity contribution in [2.24, 2.45) is 5.73 Å². The second-order valence-corrected chi connectivity index (χ2v) is 6.02. The van der Waals surface area contributed by atoms with Crippen molar-refractivity contribution in [1.82, 2.24) is 5.32 Å². The Labute approximate surface area is 127 Å². The molecule has 1 aliphatic rings. The van der Waals surface area contributed by atoms with Gasteiger partial charge >= 0.3 is 0 Å². The molecule has 0 bridgehead atoms. The van der Waals surface area contributed by atoms with E-state index in [9.17, 15) is 4.79 Å². The number of nitrogens with two attached hydrogens (primary N) is 1. The molecule has 0 spiro atoms. The highest BCUT2D eigenvalue weighted by Crippen LogP contribution is 2.25. The fourth-order valence-electron chi connectivity index (χ4n) is 2.80. The van der Waals surface area contributed by atoms with Gasteiger partial charge in [0, 0.05) is 17.6 Å². The summed E-state index contributed by atoms with van der Waals surface area (Å²) in [4.78, 5) is 12.0. The van der Waals surface area contributed by atoms with Crippen molar-refractivity contribution in [3.8, 4) is 5.75 Å². The van der Waals surface area contributed by atoms with Gasteiger partial charge in [-0.15, -0.1) is 0 Å². The molecule has 1 aromatic carbocycles. The number of rotatable bonds is 5. The number of amides is 1. The number of ether oxygens (including phenoxy) is 1. The normalized spacial score (nSPS) is 17.3. The van der Waals surface area contributed by atoms with Crippen LogP contribution in [0.3, 0.4) is 0 Å². The van der Waals surface area contributed by atoms with Gasteiger partial charge in [-0.2, -0.15) is 0 Å². The maximum Gasteiger partial charge on any atom is 0.258 e. The largest absolute Gasteiger partial charge is 0.483 e. The van der Waals surface area contributed by atoms with E-state index in [1.165, 1.54) is 19.3 Å². The van der Waals surface area contributed by atoms with E-state index in [2.05, 4.69) is 5.32 Å². The molecule has 1 aliphatic carbocycles. The average molecular weight is 290 g/mol. The van der Waals surface area contributed by atoms with Crippen LogP contribution >= 0.6 is 0 Å². The molecule has 0 unspecified atom stereocenters. The Kier molecular flexibility index (Phi) is 5.62. The second-order valence-electron chi connectivity index (χ2n) is 6.02. The van der Waals surface area contributed by atoms with Crippen LogP contribution in [0.1, 0.15) is 56.2 Å². The number of hydrogen-bond acceptors (Lipinski definition) is 3. The number of nitrogens with one attached hydrogen (secondary N) is 1. The third-order valence-electron chi connectivity index (χ3n) is 3.99. The Balaban J connectivity index is 1.89. The molecule has 1 fully saturated rings. The Hall–Kier alpha value is -1.55. The van der Waals surface area contributed by atoms with Crippen LogP contribution in [0.25, 0.3) is 0 Å². The summed E-state index contributed by atoms with van der Waals surface area (Å²) >= 11 is 0. The van der Waals surface area contributed by atoms with E-state index >= 15 is 0 Å². The van der Waals surface area contributed by atoms with E-state index in [1.54, 1.807) is 0 Å². The molecule has 0 saturated heterocycles. The zero-order chi connectivity index (χ0) is 15.2. The summed E-state index contributed by atoms with van der Waals surface area (Å²) in [6, 6.07) is 6.12. The number of hydrogen-bond donors (Lipinski definition) is 2. The molecule has 0 radical (unpaired) electrons. The first-order valence-corrected chi connectivity index (χ1v) is 7.84. The maximum atomic E-state index is 12.0. The third-order valence-corrected chi connectivity index (χ3v) is 3.99. The fourth-order valence-corrected chi connectivity index (χ4v) is 2.80. The minimum absolute atomic E-state index is 0.0426. The molecule has 3 N–H and O–H groups in total. The number of carbonyl (C=O) groups excluding carboxylic acids is 1. The first kappa shape index (κ1) is 15.8. The van der Waals surface area contributed by atoms with E-state index in [0.29, 0.717) is 11.8 Å². The van der Waals surface area contributed by atoms with Crippen molar-refractivity contribution in [2.45, 2.75) is 58.0 Å². The van der Waals surface area contributed by atoms with Gasteiger partial charge in [0.1, 0.15) is 5.75 Å². The van der Waals surface area contributed by atoms with Crippen LogP contribution in [-0.4, -0.2) is 18.6 Å². The minimum Gasteiger partial charge on any atom is -0.483 e. The topological polar surface area (TPSA) is 64.3 Å². The quantitative estimate of drug-likeness (QED) is 0.876. The van der Waals surface area contributed by atoms with Gasteiger partial charge in [0.05, 0.1) is 0 Å².